The van der Waals surface area contributed by atoms with Gasteiger partial charge in [0.05, 0.1) is 21.9 Å². The summed E-state index contributed by atoms with van der Waals surface area (Å²) in [5, 5.41) is 20.7. The van der Waals surface area contributed by atoms with Crippen LogP contribution in [0.15, 0.2) is 53.9 Å². The van der Waals surface area contributed by atoms with E-state index in [9.17, 15) is 20.2 Å². The molecule has 0 atom stereocenters. The van der Waals surface area contributed by atoms with Gasteiger partial charge in [-0.2, -0.15) is 5.26 Å². The van der Waals surface area contributed by atoms with Gasteiger partial charge in [0.1, 0.15) is 23.2 Å². The Morgan fingerprint density at radius 2 is 1.75 bits per heavy atom. The van der Waals surface area contributed by atoms with Crippen LogP contribution in [0.4, 0.5) is 17.1 Å². The quantitative estimate of drug-likeness (QED) is 0.341. The van der Waals surface area contributed by atoms with Gasteiger partial charge in [-0.25, -0.2) is 0 Å². The van der Waals surface area contributed by atoms with E-state index < -0.39 is 17.3 Å². The van der Waals surface area contributed by atoms with Crippen molar-refractivity contribution >= 4 is 22.8 Å². The molecule has 2 aromatic carbocycles. The second kappa shape index (κ2) is 7.40. The molecule has 0 amide bonds. The standard InChI is InChI=1S/C20H18N4O4/c1-13-15(24(26)27)9-6-10-19(13)28-12-18(25)14(11-21)20-22(2)16-7-4-5-8-17(16)23(20)3/h4-10H,12H2,1-3H3. The molecule has 2 aromatic rings. The largest absolute Gasteiger partial charge is 0.485 e. The zero-order valence-electron chi connectivity index (χ0n) is 15.7. The monoisotopic (exact) mass is 378 g/mol. The predicted molar refractivity (Wildman–Crippen MR) is 104 cm³/mol. The number of anilines is 2. The molecule has 142 valence electrons. The van der Waals surface area contributed by atoms with Gasteiger partial charge in [0.2, 0.25) is 5.78 Å². The molecule has 8 nitrogen and oxygen atoms in total. The highest BCUT2D eigenvalue weighted by molar-refractivity contribution is 6.03. The minimum absolute atomic E-state index is 0.0377. The fraction of sp³-hybridized carbons (Fsp3) is 0.200. The highest BCUT2D eigenvalue weighted by atomic mass is 16.6. The Morgan fingerprint density at radius 1 is 1.14 bits per heavy atom. The fourth-order valence-corrected chi connectivity index (χ4v) is 3.23. The van der Waals surface area contributed by atoms with Gasteiger partial charge < -0.3 is 14.5 Å². The van der Waals surface area contributed by atoms with E-state index in [0.717, 1.165) is 11.4 Å². The van der Waals surface area contributed by atoms with E-state index in [1.807, 2.05) is 30.3 Å². The number of nitriles is 1. The first-order valence-electron chi connectivity index (χ1n) is 8.47. The number of rotatable bonds is 5. The lowest BCUT2D eigenvalue weighted by atomic mass is 10.1. The highest BCUT2D eigenvalue weighted by Gasteiger charge is 2.31. The number of carbonyl (C=O) groups is 1. The van der Waals surface area contributed by atoms with Crippen LogP contribution in [-0.4, -0.2) is 31.4 Å². The van der Waals surface area contributed by atoms with E-state index in [4.69, 9.17) is 4.74 Å². The Bertz CT molecular complexity index is 1010. The van der Waals surface area contributed by atoms with E-state index in [1.165, 1.54) is 12.1 Å². The van der Waals surface area contributed by atoms with Crippen molar-refractivity contribution in [3.05, 3.63) is 69.5 Å². The minimum atomic E-state index is -0.508. The molecule has 1 aliphatic rings. The molecule has 0 aromatic heterocycles. The normalized spacial score (nSPS) is 12.4. The first-order chi connectivity index (χ1) is 13.4. The summed E-state index contributed by atoms with van der Waals surface area (Å²) in [6.07, 6.45) is 0. The fourth-order valence-electron chi connectivity index (χ4n) is 3.23. The molecule has 1 heterocycles. The Labute approximate surface area is 162 Å². The molecule has 0 saturated heterocycles. The van der Waals surface area contributed by atoms with Crippen molar-refractivity contribution in [1.82, 2.24) is 0 Å². The van der Waals surface area contributed by atoms with Crippen molar-refractivity contribution < 1.29 is 14.5 Å². The third-order valence-electron chi connectivity index (χ3n) is 4.67. The minimum Gasteiger partial charge on any atom is -0.485 e. The summed E-state index contributed by atoms with van der Waals surface area (Å²) < 4.78 is 5.50. The number of benzene rings is 2. The molecule has 0 radical (unpaired) electrons. The average Bonchev–Trinajstić information content (AvgIpc) is 2.93. The van der Waals surface area contributed by atoms with Crippen LogP contribution >= 0.6 is 0 Å². The van der Waals surface area contributed by atoms with Crippen LogP contribution in [0, 0.1) is 28.4 Å². The van der Waals surface area contributed by atoms with Crippen molar-refractivity contribution in [2.24, 2.45) is 0 Å². The van der Waals surface area contributed by atoms with Crippen LogP contribution < -0.4 is 14.5 Å². The molecule has 0 saturated carbocycles. The number of nitro groups is 1. The maximum atomic E-state index is 12.7. The molecule has 0 N–H and O–H groups in total. The van der Waals surface area contributed by atoms with Gasteiger partial charge >= 0.3 is 0 Å². The molecular formula is C20H18N4O4. The number of Topliss-reactive ketones (excluding diaryl/α,β-unsaturated/α-hetero) is 1. The molecular weight excluding hydrogens is 360 g/mol. The molecule has 0 aliphatic carbocycles. The molecule has 0 fully saturated rings. The number of nitro benzene ring substituents is 1. The maximum Gasteiger partial charge on any atom is 0.276 e. The Hall–Kier alpha value is -3.86. The summed E-state index contributed by atoms with van der Waals surface area (Å²) in [5.41, 5.74) is 1.97. The van der Waals surface area contributed by atoms with Gasteiger partial charge in [-0.1, -0.05) is 18.2 Å². The van der Waals surface area contributed by atoms with Crippen molar-refractivity contribution in [2.45, 2.75) is 6.92 Å². The van der Waals surface area contributed by atoms with E-state index in [2.05, 4.69) is 0 Å². The molecule has 0 unspecified atom stereocenters. The van der Waals surface area contributed by atoms with Crippen LogP contribution in [0.3, 0.4) is 0 Å². The smallest absolute Gasteiger partial charge is 0.276 e. The molecule has 0 spiro atoms. The van der Waals surface area contributed by atoms with Gasteiger partial charge in [-0.3, -0.25) is 14.9 Å². The second-order valence-electron chi connectivity index (χ2n) is 6.29. The SMILES string of the molecule is Cc1c(OCC(=O)C(C#N)=C2N(C)c3ccccc3N2C)cccc1[N+](=O)[O-]. The zero-order chi connectivity index (χ0) is 20.4. The molecule has 0 bridgehead atoms. The van der Waals surface area contributed by atoms with Gasteiger partial charge in [0.15, 0.2) is 6.61 Å². The van der Waals surface area contributed by atoms with Crippen LogP contribution in [0.25, 0.3) is 0 Å². The van der Waals surface area contributed by atoms with Crippen LogP contribution in [0.5, 0.6) is 5.75 Å². The zero-order valence-corrected chi connectivity index (χ0v) is 15.7. The van der Waals surface area contributed by atoms with E-state index >= 15 is 0 Å². The lowest BCUT2D eigenvalue weighted by molar-refractivity contribution is -0.385. The maximum absolute atomic E-state index is 12.7. The Morgan fingerprint density at radius 3 is 2.29 bits per heavy atom. The Balaban J connectivity index is 1.87. The third-order valence-corrected chi connectivity index (χ3v) is 4.67. The summed E-state index contributed by atoms with van der Waals surface area (Å²) in [4.78, 5) is 26.8. The van der Waals surface area contributed by atoms with Crippen LogP contribution in [0.1, 0.15) is 5.56 Å². The van der Waals surface area contributed by atoms with Gasteiger partial charge in [-0.05, 0) is 25.1 Å². The summed E-state index contributed by atoms with van der Waals surface area (Å²) in [5.74, 6) is 0.198. The van der Waals surface area contributed by atoms with E-state index in [0.29, 0.717) is 11.4 Å². The van der Waals surface area contributed by atoms with Crippen molar-refractivity contribution in [3.63, 3.8) is 0 Å². The van der Waals surface area contributed by atoms with Crippen molar-refractivity contribution in [3.8, 4) is 11.8 Å². The van der Waals surface area contributed by atoms with Gasteiger partial charge in [0, 0.05) is 20.2 Å². The summed E-state index contributed by atoms with van der Waals surface area (Å²) in [7, 11) is 3.57. The molecule has 28 heavy (non-hydrogen) atoms. The summed E-state index contributed by atoms with van der Waals surface area (Å²) in [6, 6.07) is 14.0. The highest BCUT2D eigenvalue weighted by Crippen LogP contribution is 2.40. The second-order valence-corrected chi connectivity index (χ2v) is 6.29. The summed E-state index contributed by atoms with van der Waals surface area (Å²) in [6.45, 7) is 1.16. The number of hydrogen-bond donors (Lipinski definition) is 0. The van der Waals surface area contributed by atoms with Crippen molar-refractivity contribution in [1.29, 1.82) is 5.26 Å². The number of ketones is 1. The molecule has 3 rings (SSSR count). The first-order valence-corrected chi connectivity index (χ1v) is 8.47. The van der Waals surface area contributed by atoms with E-state index in [-0.39, 0.29) is 17.0 Å². The lowest BCUT2D eigenvalue weighted by Crippen LogP contribution is -2.28. The van der Waals surface area contributed by atoms with Crippen LogP contribution in [0.2, 0.25) is 0 Å². The number of fused-ring (bicyclic) bond motifs is 1. The van der Waals surface area contributed by atoms with Crippen LogP contribution in [-0.2, 0) is 4.79 Å². The number of ether oxygens (including phenoxy) is 1. The number of nitrogens with zero attached hydrogens (tertiary/aromatic N) is 4. The van der Waals surface area contributed by atoms with Gasteiger partial charge in [-0.15, -0.1) is 0 Å². The van der Waals surface area contributed by atoms with E-state index in [1.54, 1.807) is 36.9 Å². The average molecular weight is 378 g/mol. The predicted octanol–water partition coefficient (Wildman–Crippen LogP) is 3.17. The number of para-hydroxylation sites is 2. The third kappa shape index (κ3) is 3.14. The van der Waals surface area contributed by atoms with Crippen molar-refractivity contribution in [2.75, 3.05) is 30.5 Å². The molecule has 1 aliphatic heterocycles. The number of carbonyl (C=O) groups excluding carboxylic acids is 1. The topological polar surface area (TPSA) is 99.7 Å². The van der Waals surface area contributed by atoms with Gasteiger partial charge in [0.25, 0.3) is 5.69 Å². The Kier molecular flexibility index (Phi) is 5.00. The number of hydrogen-bond acceptors (Lipinski definition) is 7. The molecule has 8 heteroatoms. The summed E-state index contributed by atoms with van der Waals surface area (Å²) >= 11 is 0. The first kappa shape index (κ1) is 18.9. The lowest BCUT2D eigenvalue weighted by Gasteiger charge is -2.20.